The topological polar surface area (TPSA) is 88.6 Å². The number of methoxy groups -OCH3 is 1. The summed E-state index contributed by atoms with van der Waals surface area (Å²) in [6, 6.07) is 7.27. The number of nitrogens with two attached hydrogens (primary N) is 1. The SMILES string of the molecule is COc1ccccc1OCCOC(=O)Cn1cc(N)cn1. The highest BCUT2D eigenvalue weighted by molar-refractivity contribution is 5.69. The Morgan fingerprint density at radius 1 is 1.29 bits per heavy atom. The van der Waals surface area contributed by atoms with Crippen molar-refractivity contribution in [3.8, 4) is 11.5 Å². The van der Waals surface area contributed by atoms with Gasteiger partial charge in [-0.3, -0.25) is 9.48 Å². The van der Waals surface area contributed by atoms with E-state index in [1.165, 1.54) is 10.9 Å². The lowest BCUT2D eigenvalue weighted by molar-refractivity contribution is -0.145. The number of hydrogen-bond donors (Lipinski definition) is 1. The Balaban J connectivity index is 1.71. The van der Waals surface area contributed by atoms with Gasteiger partial charge >= 0.3 is 5.97 Å². The maximum absolute atomic E-state index is 11.6. The van der Waals surface area contributed by atoms with Crippen LogP contribution in [0.3, 0.4) is 0 Å². The molecule has 21 heavy (non-hydrogen) atoms. The van der Waals surface area contributed by atoms with Crippen LogP contribution >= 0.6 is 0 Å². The molecule has 0 atom stereocenters. The molecule has 0 aliphatic heterocycles. The zero-order valence-electron chi connectivity index (χ0n) is 11.7. The second-order valence-corrected chi connectivity index (χ2v) is 4.19. The van der Waals surface area contributed by atoms with Crippen molar-refractivity contribution in [2.24, 2.45) is 0 Å². The first kappa shape index (κ1) is 14.7. The summed E-state index contributed by atoms with van der Waals surface area (Å²) in [5, 5.41) is 3.90. The van der Waals surface area contributed by atoms with Gasteiger partial charge in [0.1, 0.15) is 19.8 Å². The third kappa shape index (κ3) is 4.41. The zero-order chi connectivity index (χ0) is 15.1. The molecule has 0 saturated carbocycles. The summed E-state index contributed by atoms with van der Waals surface area (Å²) in [5.41, 5.74) is 6.00. The van der Waals surface area contributed by atoms with Crippen LogP contribution in [0.15, 0.2) is 36.7 Å². The van der Waals surface area contributed by atoms with E-state index in [1.807, 2.05) is 12.1 Å². The Kier molecular flexibility index (Phi) is 5.03. The summed E-state index contributed by atoms with van der Waals surface area (Å²) in [4.78, 5) is 11.6. The maximum atomic E-state index is 11.6. The summed E-state index contributed by atoms with van der Waals surface area (Å²) in [6.45, 7) is 0.410. The Bertz CT molecular complexity index is 597. The van der Waals surface area contributed by atoms with E-state index in [2.05, 4.69) is 5.10 Å². The highest BCUT2D eigenvalue weighted by Gasteiger charge is 2.06. The molecule has 0 aliphatic rings. The van der Waals surface area contributed by atoms with Crippen LogP contribution in [-0.4, -0.2) is 36.1 Å². The van der Waals surface area contributed by atoms with Crippen molar-refractivity contribution in [2.45, 2.75) is 6.54 Å². The number of nitrogen functional groups attached to an aromatic ring is 1. The Hall–Kier alpha value is -2.70. The first-order valence-electron chi connectivity index (χ1n) is 6.38. The zero-order valence-corrected chi connectivity index (χ0v) is 11.7. The van der Waals surface area contributed by atoms with Gasteiger partial charge in [-0.05, 0) is 12.1 Å². The normalized spacial score (nSPS) is 10.1. The molecule has 0 radical (unpaired) electrons. The molecule has 7 heteroatoms. The molecule has 1 heterocycles. The van der Waals surface area contributed by atoms with E-state index in [1.54, 1.807) is 25.4 Å². The average molecular weight is 291 g/mol. The lowest BCUT2D eigenvalue weighted by Crippen LogP contribution is -2.17. The molecule has 0 amide bonds. The van der Waals surface area contributed by atoms with Crippen LogP contribution < -0.4 is 15.2 Å². The van der Waals surface area contributed by atoms with Crippen molar-refractivity contribution in [1.29, 1.82) is 0 Å². The van der Waals surface area contributed by atoms with Gasteiger partial charge < -0.3 is 19.9 Å². The number of esters is 1. The van der Waals surface area contributed by atoms with Crippen LogP contribution in [-0.2, 0) is 16.1 Å². The van der Waals surface area contributed by atoms with Gasteiger partial charge in [0.2, 0.25) is 0 Å². The van der Waals surface area contributed by atoms with Crippen LogP contribution in [0.25, 0.3) is 0 Å². The van der Waals surface area contributed by atoms with Gasteiger partial charge in [0.05, 0.1) is 19.0 Å². The van der Waals surface area contributed by atoms with Crippen LogP contribution in [0.2, 0.25) is 0 Å². The van der Waals surface area contributed by atoms with Crippen LogP contribution in [0, 0.1) is 0 Å². The minimum atomic E-state index is -0.401. The van der Waals surface area contributed by atoms with E-state index in [9.17, 15) is 4.79 Å². The maximum Gasteiger partial charge on any atom is 0.327 e. The van der Waals surface area contributed by atoms with Gasteiger partial charge in [-0.1, -0.05) is 12.1 Å². The number of aromatic nitrogens is 2. The third-order valence-corrected chi connectivity index (χ3v) is 2.62. The molecule has 0 aliphatic carbocycles. The van der Waals surface area contributed by atoms with E-state index in [0.717, 1.165) is 0 Å². The second-order valence-electron chi connectivity index (χ2n) is 4.19. The number of hydrogen-bond acceptors (Lipinski definition) is 6. The molecule has 0 saturated heterocycles. The summed E-state index contributed by atoms with van der Waals surface area (Å²) in [7, 11) is 1.57. The predicted molar refractivity (Wildman–Crippen MR) is 76.1 cm³/mol. The highest BCUT2D eigenvalue weighted by Crippen LogP contribution is 2.25. The predicted octanol–water partition coefficient (Wildman–Crippen LogP) is 1.10. The van der Waals surface area contributed by atoms with Crippen LogP contribution in [0.5, 0.6) is 11.5 Å². The molecule has 0 spiro atoms. The molecule has 0 bridgehead atoms. The number of carbonyl (C=O) groups is 1. The number of benzene rings is 1. The molecule has 1 aromatic carbocycles. The van der Waals surface area contributed by atoms with Gasteiger partial charge in [0.15, 0.2) is 11.5 Å². The Morgan fingerprint density at radius 3 is 2.71 bits per heavy atom. The summed E-state index contributed by atoms with van der Waals surface area (Å²) < 4.78 is 17.1. The molecule has 112 valence electrons. The van der Waals surface area contributed by atoms with Gasteiger partial charge in [-0.15, -0.1) is 0 Å². The molecule has 1 aromatic heterocycles. The van der Waals surface area contributed by atoms with E-state index in [-0.39, 0.29) is 19.8 Å². The number of carbonyl (C=O) groups excluding carboxylic acids is 1. The minimum absolute atomic E-state index is 0.0197. The third-order valence-electron chi connectivity index (χ3n) is 2.62. The molecule has 2 rings (SSSR count). The van der Waals surface area contributed by atoms with Gasteiger partial charge in [-0.2, -0.15) is 5.10 Å². The summed E-state index contributed by atoms with van der Waals surface area (Å²) >= 11 is 0. The Labute approximate surface area is 122 Å². The monoisotopic (exact) mass is 291 g/mol. The number of rotatable bonds is 7. The van der Waals surface area contributed by atoms with Crippen molar-refractivity contribution in [3.05, 3.63) is 36.7 Å². The largest absolute Gasteiger partial charge is 0.493 e. The quantitative estimate of drug-likeness (QED) is 0.607. The first-order chi connectivity index (χ1) is 10.2. The van der Waals surface area contributed by atoms with E-state index in [4.69, 9.17) is 19.9 Å². The number of ether oxygens (including phenoxy) is 3. The fourth-order valence-electron chi connectivity index (χ4n) is 1.69. The lowest BCUT2D eigenvalue weighted by Gasteiger charge is -2.10. The van der Waals surface area contributed by atoms with E-state index >= 15 is 0 Å². The van der Waals surface area contributed by atoms with E-state index in [0.29, 0.717) is 17.2 Å². The first-order valence-corrected chi connectivity index (χ1v) is 6.38. The molecule has 0 unspecified atom stereocenters. The van der Waals surface area contributed by atoms with Gasteiger partial charge in [0, 0.05) is 6.20 Å². The van der Waals surface area contributed by atoms with Gasteiger partial charge in [0.25, 0.3) is 0 Å². The standard InChI is InChI=1S/C14H17N3O4/c1-19-12-4-2-3-5-13(12)20-6-7-21-14(18)10-17-9-11(15)8-16-17/h2-5,8-9H,6-7,10,15H2,1H3. The molecule has 2 N–H and O–H groups in total. The molecule has 2 aromatic rings. The molecule has 7 nitrogen and oxygen atoms in total. The fraction of sp³-hybridized carbons (Fsp3) is 0.286. The van der Waals surface area contributed by atoms with Crippen molar-refractivity contribution in [1.82, 2.24) is 9.78 Å². The molecular formula is C14H17N3O4. The highest BCUT2D eigenvalue weighted by atomic mass is 16.6. The summed E-state index contributed by atoms with van der Waals surface area (Å²) in [6.07, 6.45) is 3.03. The average Bonchev–Trinajstić information content (AvgIpc) is 2.89. The van der Waals surface area contributed by atoms with Crippen molar-refractivity contribution in [2.75, 3.05) is 26.1 Å². The Morgan fingerprint density at radius 2 is 2.05 bits per heavy atom. The van der Waals surface area contributed by atoms with Crippen molar-refractivity contribution in [3.63, 3.8) is 0 Å². The fourth-order valence-corrected chi connectivity index (χ4v) is 1.69. The van der Waals surface area contributed by atoms with Crippen molar-refractivity contribution < 1.29 is 19.0 Å². The van der Waals surface area contributed by atoms with Crippen LogP contribution in [0.1, 0.15) is 0 Å². The second kappa shape index (κ2) is 7.18. The minimum Gasteiger partial charge on any atom is -0.493 e. The van der Waals surface area contributed by atoms with Gasteiger partial charge in [-0.25, -0.2) is 0 Å². The number of anilines is 1. The smallest absolute Gasteiger partial charge is 0.327 e. The number of para-hydroxylation sites is 2. The number of nitrogens with zero attached hydrogens (tertiary/aromatic N) is 2. The lowest BCUT2D eigenvalue weighted by atomic mass is 10.3. The molecular weight excluding hydrogens is 274 g/mol. The molecule has 0 fully saturated rings. The van der Waals surface area contributed by atoms with Crippen molar-refractivity contribution >= 4 is 11.7 Å². The van der Waals surface area contributed by atoms with E-state index < -0.39 is 5.97 Å². The van der Waals surface area contributed by atoms with Crippen LogP contribution in [0.4, 0.5) is 5.69 Å². The summed E-state index contributed by atoms with van der Waals surface area (Å²) in [5.74, 6) is 0.841.